The first-order chi connectivity index (χ1) is 18.1. The third kappa shape index (κ3) is 5.33. The largest absolute Gasteiger partial charge is 0.379 e. The number of ether oxygens (including phenoxy) is 1. The first kappa shape index (κ1) is 26.4. The summed E-state index contributed by atoms with van der Waals surface area (Å²) in [7, 11) is 0. The lowest BCUT2D eigenvalue weighted by atomic mass is 9.67. The first-order valence-corrected chi connectivity index (χ1v) is 13.6. The van der Waals surface area contributed by atoms with E-state index >= 15 is 0 Å². The molecule has 3 aliphatic rings. The number of hydrogen-bond donors (Lipinski definition) is 2. The van der Waals surface area contributed by atoms with E-state index in [2.05, 4.69) is 55.4 Å². The molecule has 200 valence electrons. The number of rotatable bonds is 5. The topological polar surface area (TPSA) is 70.7 Å². The van der Waals surface area contributed by atoms with E-state index < -0.39 is 5.92 Å². The molecule has 0 aromatic heterocycles. The van der Waals surface area contributed by atoms with E-state index in [9.17, 15) is 9.59 Å². The SMILES string of the molecule is CC1=C(C(=O)Nc2ccccc2)C(c2cc(C)cc(CN3CCOCC3)c2C)C2=C(CC(C)(C)CC2=O)N1. The molecule has 0 bridgehead atoms. The zero-order valence-corrected chi connectivity index (χ0v) is 23.2. The van der Waals surface area contributed by atoms with Gasteiger partial charge in [-0.3, -0.25) is 14.5 Å². The first-order valence-electron chi connectivity index (χ1n) is 13.6. The van der Waals surface area contributed by atoms with Gasteiger partial charge < -0.3 is 15.4 Å². The smallest absolute Gasteiger partial charge is 0.254 e. The van der Waals surface area contributed by atoms with Crippen LogP contribution in [0.15, 0.2) is 65.0 Å². The maximum absolute atomic E-state index is 13.9. The lowest BCUT2D eigenvalue weighted by Crippen LogP contribution is -2.39. The van der Waals surface area contributed by atoms with E-state index in [1.54, 1.807) is 0 Å². The molecule has 2 aromatic carbocycles. The predicted molar refractivity (Wildman–Crippen MR) is 151 cm³/mol. The number of dihydropyridines is 1. The Morgan fingerprint density at radius 2 is 1.79 bits per heavy atom. The fourth-order valence-corrected chi connectivity index (χ4v) is 6.20. The second-order valence-electron chi connectivity index (χ2n) is 11.8. The van der Waals surface area contributed by atoms with Crippen molar-refractivity contribution in [3.63, 3.8) is 0 Å². The summed E-state index contributed by atoms with van der Waals surface area (Å²) in [6.45, 7) is 14.6. The number of ketones is 1. The number of nitrogens with zero attached hydrogens (tertiary/aromatic N) is 1. The Kier molecular flexibility index (Phi) is 7.30. The fourth-order valence-electron chi connectivity index (χ4n) is 6.20. The standard InChI is InChI=1S/C32H39N3O3/c1-20-15-23(19-35-11-13-38-14-12-35)21(2)25(16-20)29-28(31(37)34-24-9-7-6-8-10-24)22(3)33-26-17-32(4,5)18-27(36)30(26)29/h6-10,15-16,29,33H,11-14,17-19H2,1-5H3,(H,34,37). The van der Waals surface area contributed by atoms with E-state index in [-0.39, 0.29) is 17.1 Å². The number of carbonyl (C=O) groups is 2. The van der Waals surface area contributed by atoms with E-state index in [4.69, 9.17) is 4.74 Å². The van der Waals surface area contributed by atoms with Gasteiger partial charge >= 0.3 is 0 Å². The molecule has 1 unspecified atom stereocenters. The highest BCUT2D eigenvalue weighted by molar-refractivity contribution is 6.10. The third-order valence-electron chi connectivity index (χ3n) is 8.02. The molecule has 1 fully saturated rings. The van der Waals surface area contributed by atoms with Crippen LogP contribution in [0.5, 0.6) is 0 Å². The summed E-state index contributed by atoms with van der Waals surface area (Å²) in [6.07, 6.45) is 1.25. The number of aryl methyl sites for hydroxylation is 1. The van der Waals surface area contributed by atoms with Crippen LogP contribution in [-0.4, -0.2) is 42.9 Å². The molecule has 1 saturated heterocycles. The van der Waals surface area contributed by atoms with Crippen LogP contribution in [0.25, 0.3) is 0 Å². The summed E-state index contributed by atoms with van der Waals surface area (Å²) in [5, 5.41) is 6.58. The van der Waals surface area contributed by atoms with Crippen molar-refractivity contribution in [3.8, 4) is 0 Å². The van der Waals surface area contributed by atoms with Gasteiger partial charge in [-0.15, -0.1) is 0 Å². The van der Waals surface area contributed by atoms with Crippen molar-refractivity contribution < 1.29 is 14.3 Å². The Hall–Kier alpha value is -3.22. The number of carbonyl (C=O) groups excluding carboxylic acids is 2. The van der Waals surface area contributed by atoms with Gasteiger partial charge in [0.15, 0.2) is 5.78 Å². The van der Waals surface area contributed by atoms with Crippen LogP contribution in [0, 0.1) is 19.3 Å². The maximum Gasteiger partial charge on any atom is 0.254 e. The minimum Gasteiger partial charge on any atom is -0.379 e. The van der Waals surface area contributed by atoms with Crippen molar-refractivity contribution in [2.75, 3.05) is 31.6 Å². The third-order valence-corrected chi connectivity index (χ3v) is 8.02. The average Bonchev–Trinajstić information content (AvgIpc) is 2.85. The Balaban J connectivity index is 1.62. The number of anilines is 1. The van der Waals surface area contributed by atoms with Crippen molar-refractivity contribution in [3.05, 3.63) is 87.3 Å². The van der Waals surface area contributed by atoms with E-state index in [0.29, 0.717) is 12.0 Å². The number of benzene rings is 2. The number of allylic oxidation sites excluding steroid dienone is 3. The molecule has 1 aliphatic carbocycles. The molecule has 5 rings (SSSR count). The molecule has 0 saturated carbocycles. The van der Waals surface area contributed by atoms with Gasteiger partial charge in [-0.25, -0.2) is 0 Å². The van der Waals surface area contributed by atoms with Crippen molar-refractivity contribution in [1.82, 2.24) is 10.2 Å². The second kappa shape index (κ2) is 10.5. The van der Waals surface area contributed by atoms with Crippen molar-refractivity contribution in [1.29, 1.82) is 0 Å². The van der Waals surface area contributed by atoms with Crippen LogP contribution in [-0.2, 0) is 20.9 Å². The zero-order valence-electron chi connectivity index (χ0n) is 23.2. The number of amides is 1. The Morgan fingerprint density at radius 3 is 2.50 bits per heavy atom. The van der Waals surface area contributed by atoms with Crippen LogP contribution < -0.4 is 10.6 Å². The molecule has 1 amide bonds. The number of Topliss-reactive ketones (excluding diaryl/α,β-unsaturated/α-hetero) is 1. The van der Waals surface area contributed by atoms with Gasteiger partial charge in [0.2, 0.25) is 0 Å². The summed E-state index contributed by atoms with van der Waals surface area (Å²) < 4.78 is 5.56. The summed E-state index contributed by atoms with van der Waals surface area (Å²) in [6, 6.07) is 13.9. The number of hydrogen-bond acceptors (Lipinski definition) is 5. The van der Waals surface area contributed by atoms with Gasteiger partial charge in [0.25, 0.3) is 5.91 Å². The Morgan fingerprint density at radius 1 is 1.08 bits per heavy atom. The number of para-hydroxylation sites is 1. The lowest BCUT2D eigenvalue weighted by molar-refractivity contribution is -0.118. The van der Waals surface area contributed by atoms with Gasteiger partial charge in [0, 0.05) is 60.2 Å². The number of nitrogens with one attached hydrogen (secondary N) is 2. The lowest BCUT2D eigenvalue weighted by Gasteiger charge is -2.40. The van der Waals surface area contributed by atoms with Crippen molar-refractivity contribution in [2.45, 2.75) is 59.9 Å². The quantitative estimate of drug-likeness (QED) is 0.562. The predicted octanol–water partition coefficient (Wildman–Crippen LogP) is 5.38. The van der Waals surface area contributed by atoms with E-state index in [1.807, 2.05) is 37.3 Å². The highest BCUT2D eigenvalue weighted by atomic mass is 16.5. The summed E-state index contributed by atoms with van der Waals surface area (Å²) in [4.78, 5) is 30.1. The maximum atomic E-state index is 13.9. The highest BCUT2D eigenvalue weighted by Gasteiger charge is 2.43. The van der Waals surface area contributed by atoms with Gasteiger partial charge in [-0.1, -0.05) is 49.7 Å². The molecule has 2 heterocycles. The molecule has 2 N–H and O–H groups in total. The van der Waals surface area contributed by atoms with E-state index in [0.717, 1.165) is 78.6 Å². The molecule has 6 nitrogen and oxygen atoms in total. The molecule has 38 heavy (non-hydrogen) atoms. The van der Waals surface area contributed by atoms with Gasteiger partial charge in [0.1, 0.15) is 0 Å². The minimum absolute atomic E-state index is 0.124. The Labute approximate surface area is 226 Å². The highest BCUT2D eigenvalue weighted by Crippen LogP contribution is 2.48. The number of morpholine rings is 1. The molecule has 0 spiro atoms. The summed E-state index contributed by atoms with van der Waals surface area (Å²) >= 11 is 0. The Bertz CT molecular complexity index is 1320. The van der Waals surface area contributed by atoms with Crippen LogP contribution >= 0.6 is 0 Å². The summed E-state index contributed by atoms with van der Waals surface area (Å²) in [5.41, 5.74) is 8.33. The summed E-state index contributed by atoms with van der Waals surface area (Å²) in [5.74, 6) is -0.463. The van der Waals surface area contributed by atoms with Gasteiger partial charge in [-0.05, 0) is 61.4 Å². The monoisotopic (exact) mass is 513 g/mol. The molecular formula is C32H39N3O3. The molecule has 2 aromatic rings. The normalized spacial score (nSPS) is 21.7. The molecule has 1 atom stereocenters. The minimum atomic E-state index is -0.415. The fraction of sp³-hybridized carbons (Fsp3) is 0.438. The molecular weight excluding hydrogens is 474 g/mol. The second-order valence-corrected chi connectivity index (χ2v) is 11.8. The molecule has 6 heteroatoms. The average molecular weight is 514 g/mol. The van der Waals surface area contributed by atoms with Gasteiger partial charge in [-0.2, -0.15) is 0 Å². The van der Waals surface area contributed by atoms with Crippen LogP contribution in [0.4, 0.5) is 5.69 Å². The zero-order chi connectivity index (χ0) is 27.0. The van der Waals surface area contributed by atoms with Crippen LogP contribution in [0.1, 0.15) is 61.8 Å². The van der Waals surface area contributed by atoms with Crippen molar-refractivity contribution in [2.24, 2.45) is 5.41 Å². The molecule has 2 aliphatic heterocycles. The van der Waals surface area contributed by atoms with Crippen LogP contribution in [0.2, 0.25) is 0 Å². The molecule has 0 radical (unpaired) electrons. The van der Waals surface area contributed by atoms with E-state index in [1.165, 1.54) is 5.56 Å². The van der Waals surface area contributed by atoms with Crippen molar-refractivity contribution >= 4 is 17.4 Å². The van der Waals surface area contributed by atoms with Gasteiger partial charge in [0.05, 0.1) is 13.2 Å². The van der Waals surface area contributed by atoms with Crippen LogP contribution in [0.3, 0.4) is 0 Å².